The molecule has 0 saturated carbocycles. The first-order chi connectivity index (χ1) is 9.11. The van der Waals surface area contributed by atoms with Gasteiger partial charge >= 0.3 is 0 Å². The van der Waals surface area contributed by atoms with Crippen LogP contribution in [0, 0.1) is 0 Å². The average molecular weight is 295 g/mol. The number of carbonyl (C=O) groups is 1. The molecule has 2 heterocycles. The molecule has 0 atom stereocenters. The molecule has 2 rings (SSSR count). The molecule has 0 aliphatic carbocycles. The minimum Gasteiger partial charge on any atom is -0.288 e. The summed E-state index contributed by atoms with van der Waals surface area (Å²) in [5.41, 5.74) is 0.736. The molecule has 100 valence electrons. The van der Waals surface area contributed by atoms with E-state index in [1.165, 1.54) is 4.88 Å². The van der Waals surface area contributed by atoms with Gasteiger partial charge in [0.05, 0.1) is 21.8 Å². The molecular weight excluding hydrogens is 280 g/mol. The fourth-order valence-corrected chi connectivity index (χ4v) is 2.99. The van der Waals surface area contributed by atoms with Gasteiger partial charge in [0.1, 0.15) is 0 Å². The van der Waals surface area contributed by atoms with Crippen LogP contribution in [0.25, 0.3) is 6.08 Å². The fourth-order valence-electron chi connectivity index (χ4n) is 1.74. The van der Waals surface area contributed by atoms with Crippen molar-refractivity contribution >= 4 is 34.8 Å². The van der Waals surface area contributed by atoms with Gasteiger partial charge in [-0.15, -0.1) is 11.3 Å². The lowest BCUT2D eigenvalue weighted by Gasteiger charge is -1.95. The normalized spacial score (nSPS) is 11.3. The summed E-state index contributed by atoms with van der Waals surface area (Å²) in [5.74, 6) is 0.00428. The number of halogens is 1. The highest BCUT2D eigenvalue weighted by molar-refractivity contribution is 7.14. The predicted octanol–water partition coefficient (Wildman–Crippen LogP) is 3.98. The lowest BCUT2D eigenvalue weighted by Crippen LogP contribution is -1.94. The molecule has 0 spiro atoms. The Hall–Kier alpha value is -1.39. The van der Waals surface area contributed by atoms with Crippen molar-refractivity contribution in [3.05, 3.63) is 44.9 Å². The molecule has 3 nitrogen and oxygen atoms in total. The van der Waals surface area contributed by atoms with Crippen molar-refractivity contribution in [1.29, 1.82) is 0 Å². The van der Waals surface area contributed by atoms with E-state index in [-0.39, 0.29) is 5.78 Å². The van der Waals surface area contributed by atoms with Gasteiger partial charge in [0.25, 0.3) is 0 Å². The number of hydrogen-bond acceptors (Lipinski definition) is 3. The molecule has 2 aromatic rings. The Morgan fingerprint density at radius 1 is 1.53 bits per heavy atom. The van der Waals surface area contributed by atoms with E-state index in [1.54, 1.807) is 41.4 Å². The van der Waals surface area contributed by atoms with Gasteiger partial charge in [-0.25, -0.2) is 0 Å². The van der Waals surface area contributed by atoms with Crippen molar-refractivity contribution in [3.8, 4) is 0 Å². The Balaban J connectivity index is 2.12. The van der Waals surface area contributed by atoms with Crippen molar-refractivity contribution < 1.29 is 4.79 Å². The van der Waals surface area contributed by atoms with Crippen molar-refractivity contribution in [2.24, 2.45) is 7.05 Å². The van der Waals surface area contributed by atoms with E-state index in [9.17, 15) is 4.79 Å². The summed E-state index contributed by atoms with van der Waals surface area (Å²) in [5, 5.41) is 4.57. The second-order valence-electron chi connectivity index (χ2n) is 4.21. The highest BCUT2D eigenvalue weighted by Crippen LogP contribution is 2.20. The number of nitrogens with zero attached hydrogens (tertiary/aromatic N) is 2. The molecule has 0 radical (unpaired) electrons. The molecule has 0 aromatic carbocycles. The van der Waals surface area contributed by atoms with Crippen LogP contribution in [0.15, 0.2) is 24.4 Å². The molecule has 0 bridgehead atoms. The number of carbonyl (C=O) groups excluding carboxylic acids is 1. The first kappa shape index (κ1) is 14.0. The number of hydrogen-bond donors (Lipinski definition) is 0. The van der Waals surface area contributed by atoms with Crippen molar-refractivity contribution in [1.82, 2.24) is 9.78 Å². The van der Waals surface area contributed by atoms with Gasteiger partial charge in [0, 0.05) is 11.9 Å². The second kappa shape index (κ2) is 6.17. The van der Waals surface area contributed by atoms with Crippen LogP contribution in [-0.4, -0.2) is 15.6 Å². The third kappa shape index (κ3) is 3.33. The van der Waals surface area contributed by atoms with Gasteiger partial charge in [0.15, 0.2) is 5.78 Å². The summed E-state index contributed by atoms with van der Waals surface area (Å²) in [7, 11) is 1.79. The monoisotopic (exact) mass is 294 g/mol. The zero-order valence-corrected chi connectivity index (χ0v) is 12.5. The average Bonchev–Trinajstić information content (AvgIpc) is 2.96. The van der Waals surface area contributed by atoms with Crippen LogP contribution in [0.1, 0.15) is 33.6 Å². The minimum atomic E-state index is 0.00428. The summed E-state index contributed by atoms with van der Waals surface area (Å²) in [4.78, 5) is 14.0. The standard InChI is InChI=1S/C14H15ClN2OS/c1-3-4-10-5-8-14(19-10)13(18)7-6-12-11(15)9-16-17(12)2/h5-9H,3-4H2,1-2H3/b7-6+. The minimum absolute atomic E-state index is 0.00428. The molecule has 0 unspecified atom stereocenters. The maximum atomic E-state index is 12.0. The van der Waals surface area contributed by atoms with E-state index in [0.717, 1.165) is 23.4 Å². The van der Waals surface area contributed by atoms with Gasteiger partial charge in [-0.2, -0.15) is 5.10 Å². The lowest BCUT2D eigenvalue weighted by atomic mass is 10.2. The molecule has 0 fully saturated rings. The molecular formula is C14H15ClN2OS. The molecule has 5 heteroatoms. The molecule has 0 aliphatic heterocycles. The maximum Gasteiger partial charge on any atom is 0.195 e. The topological polar surface area (TPSA) is 34.9 Å². The van der Waals surface area contributed by atoms with Crippen molar-refractivity contribution in [2.75, 3.05) is 0 Å². The number of aromatic nitrogens is 2. The van der Waals surface area contributed by atoms with Gasteiger partial charge in [0.2, 0.25) is 0 Å². The fraction of sp³-hybridized carbons (Fsp3) is 0.286. The van der Waals surface area contributed by atoms with E-state index in [4.69, 9.17) is 11.6 Å². The molecule has 0 amide bonds. The number of allylic oxidation sites excluding steroid dienone is 1. The smallest absolute Gasteiger partial charge is 0.195 e. The third-order valence-electron chi connectivity index (χ3n) is 2.73. The Morgan fingerprint density at radius 3 is 2.95 bits per heavy atom. The highest BCUT2D eigenvalue weighted by atomic mass is 35.5. The van der Waals surface area contributed by atoms with Crippen LogP contribution >= 0.6 is 22.9 Å². The zero-order chi connectivity index (χ0) is 13.8. The van der Waals surface area contributed by atoms with E-state index in [1.807, 2.05) is 12.1 Å². The first-order valence-corrected chi connectivity index (χ1v) is 7.30. The Morgan fingerprint density at radius 2 is 2.32 bits per heavy atom. The zero-order valence-electron chi connectivity index (χ0n) is 10.9. The SMILES string of the molecule is CCCc1ccc(C(=O)/C=C/c2c(Cl)cnn2C)s1. The third-order valence-corrected chi connectivity index (χ3v) is 4.18. The Bertz CT molecular complexity index is 593. The summed E-state index contributed by atoms with van der Waals surface area (Å²) in [6.07, 6.45) is 6.93. The number of thiophene rings is 1. The van der Waals surface area contributed by atoms with E-state index in [0.29, 0.717) is 5.02 Å². The van der Waals surface area contributed by atoms with Crippen LogP contribution in [-0.2, 0) is 13.5 Å². The van der Waals surface area contributed by atoms with Gasteiger partial charge in [-0.05, 0) is 30.7 Å². The molecule has 19 heavy (non-hydrogen) atoms. The van der Waals surface area contributed by atoms with Crippen LogP contribution in [0.4, 0.5) is 0 Å². The number of rotatable bonds is 5. The van der Waals surface area contributed by atoms with Crippen LogP contribution in [0.3, 0.4) is 0 Å². The number of ketones is 1. The van der Waals surface area contributed by atoms with Gasteiger partial charge in [-0.1, -0.05) is 24.9 Å². The van der Waals surface area contributed by atoms with Gasteiger partial charge in [-0.3, -0.25) is 9.48 Å². The van der Waals surface area contributed by atoms with E-state index < -0.39 is 0 Å². The molecule has 0 saturated heterocycles. The quantitative estimate of drug-likeness (QED) is 0.617. The van der Waals surface area contributed by atoms with Crippen molar-refractivity contribution in [3.63, 3.8) is 0 Å². The second-order valence-corrected chi connectivity index (χ2v) is 5.79. The first-order valence-electron chi connectivity index (χ1n) is 6.10. The summed E-state index contributed by atoms with van der Waals surface area (Å²) < 4.78 is 1.64. The molecule has 0 aliphatic rings. The highest BCUT2D eigenvalue weighted by Gasteiger charge is 2.07. The van der Waals surface area contributed by atoms with Crippen LogP contribution < -0.4 is 0 Å². The lowest BCUT2D eigenvalue weighted by molar-refractivity contribution is 0.105. The largest absolute Gasteiger partial charge is 0.288 e. The Labute approximate surface area is 121 Å². The summed E-state index contributed by atoms with van der Waals surface area (Å²) in [6, 6.07) is 3.90. The van der Waals surface area contributed by atoms with E-state index in [2.05, 4.69) is 12.0 Å². The number of aryl methyl sites for hydroxylation is 2. The van der Waals surface area contributed by atoms with Crippen LogP contribution in [0.5, 0.6) is 0 Å². The van der Waals surface area contributed by atoms with Crippen molar-refractivity contribution in [2.45, 2.75) is 19.8 Å². The van der Waals surface area contributed by atoms with E-state index >= 15 is 0 Å². The molecule has 2 aromatic heterocycles. The van der Waals surface area contributed by atoms with Gasteiger partial charge < -0.3 is 0 Å². The Kier molecular flexibility index (Phi) is 4.56. The maximum absolute atomic E-state index is 12.0. The summed E-state index contributed by atoms with van der Waals surface area (Å²) in [6.45, 7) is 2.13. The predicted molar refractivity (Wildman–Crippen MR) is 79.9 cm³/mol. The molecule has 0 N–H and O–H groups in total. The van der Waals surface area contributed by atoms with Crippen LogP contribution in [0.2, 0.25) is 5.02 Å². The summed E-state index contributed by atoms with van der Waals surface area (Å²) >= 11 is 7.53.